The van der Waals surface area contributed by atoms with Crippen LogP contribution in [0.4, 0.5) is 0 Å². The van der Waals surface area contributed by atoms with Gasteiger partial charge >= 0.3 is 5.97 Å². The highest BCUT2D eigenvalue weighted by Gasteiger charge is 2.04. The molecule has 1 aromatic rings. The summed E-state index contributed by atoms with van der Waals surface area (Å²) < 4.78 is 9.78. The van der Waals surface area contributed by atoms with E-state index in [0.29, 0.717) is 31.3 Å². The van der Waals surface area contributed by atoms with Crippen molar-refractivity contribution in [3.05, 3.63) is 11.7 Å². The van der Waals surface area contributed by atoms with Crippen molar-refractivity contribution in [2.75, 3.05) is 13.2 Å². The first-order chi connectivity index (χ1) is 8.26. The van der Waals surface area contributed by atoms with Crippen LogP contribution in [0, 0.1) is 0 Å². The van der Waals surface area contributed by atoms with Crippen molar-refractivity contribution in [3.63, 3.8) is 0 Å². The van der Waals surface area contributed by atoms with Crippen molar-refractivity contribution < 1.29 is 14.1 Å². The molecule has 1 aromatic heterocycles. The molecule has 0 aliphatic heterocycles. The van der Waals surface area contributed by atoms with E-state index >= 15 is 0 Å². The second-order valence-corrected chi connectivity index (χ2v) is 3.54. The van der Waals surface area contributed by atoms with E-state index in [2.05, 4.69) is 15.5 Å². The van der Waals surface area contributed by atoms with Crippen LogP contribution in [-0.2, 0) is 22.5 Å². The molecular weight excluding hydrogens is 222 g/mol. The minimum atomic E-state index is -0.151. The number of ether oxygens (including phenoxy) is 1. The SMILES string of the molecule is CCOC(=O)CCCNCc1noc(CC)n1. The Hall–Kier alpha value is -1.43. The predicted molar refractivity (Wildman–Crippen MR) is 61.2 cm³/mol. The highest BCUT2D eigenvalue weighted by molar-refractivity contribution is 5.69. The Morgan fingerprint density at radius 2 is 2.29 bits per heavy atom. The molecule has 96 valence electrons. The minimum absolute atomic E-state index is 0.151. The summed E-state index contributed by atoms with van der Waals surface area (Å²) in [7, 11) is 0. The number of nitrogens with zero attached hydrogens (tertiary/aromatic N) is 2. The summed E-state index contributed by atoms with van der Waals surface area (Å²) in [6.07, 6.45) is 1.93. The van der Waals surface area contributed by atoms with Crippen molar-refractivity contribution in [2.24, 2.45) is 0 Å². The quantitative estimate of drug-likeness (QED) is 0.542. The first-order valence-corrected chi connectivity index (χ1v) is 5.94. The molecule has 0 aliphatic carbocycles. The molecule has 0 aromatic carbocycles. The van der Waals surface area contributed by atoms with E-state index in [1.165, 1.54) is 0 Å². The number of aryl methyl sites for hydroxylation is 1. The van der Waals surface area contributed by atoms with E-state index in [0.717, 1.165) is 19.4 Å². The minimum Gasteiger partial charge on any atom is -0.466 e. The fraction of sp³-hybridized carbons (Fsp3) is 0.727. The molecule has 6 nitrogen and oxygen atoms in total. The number of esters is 1. The molecule has 0 amide bonds. The highest BCUT2D eigenvalue weighted by Crippen LogP contribution is 1.97. The van der Waals surface area contributed by atoms with Gasteiger partial charge < -0.3 is 14.6 Å². The third kappa shape index (κ3) is 5.44. The molecule has 6 heteroatoms. The average molecular weight is 241 g/mol. The van der Waals surface area contributed by atoms with E-state index in [-0.39, 0.29) is 5.97 Å². The molecule has 0 saturated carbocycles. The standard InChI is InChI=1S/C11H19N3O3/c1-3-10-13-9(14-17-10)8-12-7-5-6-11(15)16-4-2/h12H,3-8H2,1-2H3. The smallest absolute Gasteiger partial charge is 0.305 e. The van der Waals surface area contributed by atoms with Gasteiger partial charge in [0.2, 0.25) is 5.89 Å². The van der Waals surface area contributed by atoms with Gasteiger partial charge in [-0.3, -0.25) is 4.79 Å². The molecule has 0 spiro atoms. The molecule has 0 fully saturated rings. The molecule has 0 saturated heterocycles. The molecule has 0 atom stereocenters. The first kappa shape index (κ1) is 13.6. The number of nitrogens with one attached hydrogen (secondary N) is 1. The van der Waals surface area contributed by atoms with Gasteiger partial charge in [-0.2, -0.15) is 4.98 Å². The maximum Gasteiger partial charge on any atom is 0.305 e. The van der Waals surface area contributed by atoms with Crippen molar-refractivity contribution >= 4 is 5.97 Å². The lowest BCUT2D eigenvalue weighted by Gasteiger charge is -2.02. The maximum atomic E-state index is 11.0. The van der Waals surface area contributed by atoms with Crippen LogP contribution in [0.2, 0.25) is 0 Å². The van der Waals surface area contributed by atoms with Crippen molar-refractivity contribution in [1.82, 2.24) is 15.5 Å². The van der Waals surface area contributed by atoms with Gasteiger partial charge in [-0.05, 0) is 19.9 Å². The van der Waals surface area contributed by atoms with Crippen LogP contribution < -0.4 is 5.32 Å². The lowest BCUT2D eigenvalue weighted by molar-refractivity contribution is -0.143. The van der Waals surface area contributed by atoms with Crippen LogP contribution in [0.5, 0.6) is 0 Å². The molecule has 0 unspecified atom stereocenters. The molecule has 17 heavy (non-hydrogen) atoms. The second kappa shape index (κ2) is 7.78. The molecule has 0 radical (unpaired) electrons. The van der Waals surface area contributed by atoms with Gasteiger partial charge in [0.15, 0.2) is 5.82 Å². The first-order valence-electron chi connectivity index (χ1n) is 5.94. The van der Waals surface area contributed by atoms with Gasteiger partial charge in [0.05, 0.1) is 13.2 Å². The van der Waals surface area contributed by atoms with Crippen LogP contribution >= 0.6 is 0 Å². The molecule has 1 heterocycles. The Morgan fingerprint density at radius 3 is 2.94 bits per heavy atom. The van der Waals surface area contributed by atoms with Gasteiger partial charge in [-0.25, -0.2) is 0 Å². The summed E-state index contributed by atoms with van der Waals surface area (Å²) >= 11 is 0. The van der Waals surface area contributed by atoms with Crippen molar-refractivity contribution in [3.8, 4) is 0 Å². The summed E-state index contributed by atoms with van der Waals surface area (Å²) in [5.74, 6) is 1.15. The third-order valence-electron chi connectivity index (χ3n) is 2.14. The van der Waals surface area contributed by atoms with E-state index in [4.69, 9.17) is 9.26 Å². The number of hydrogen-bond acceptors (Lipinski definition) is 6. The van der Waals surface area contributed by atoms with Crippen LogP contribution in [-0.4, -0.2) is 29.3 Å². The zero-order valence-corrected chi connectivity index (χ0v) is 10.4. The van der Waals surface area contributed by atoms with Gasteiger partial charge in [0, 0.05) is 12.8 Å². The second-order valence-electron chi connectivity index (χ2n) is 3.54. The number of hydrogen-bond donors (Lipinski definition) is 1. The summed E-state index contributed by atoms with van der Waals surface area (Å²) in [5.41, 5.74) is 0. The Balaban J connectivity index is 2.06. The Kier molecular flexibility index (Phi) is 6.24. The van der Waals surface area contributed by atoms with Gasteiger partial charge in [0.1, 0.15) is 0 Å². The molecule has 1 N–H and O–H groups in total. The molecular formula is C11H19N3O3. The predicted octanol–water partition coefficient (Wildman–Crippen LogP) is 1.06. The fourth-order valence-corrected chi connectivity index (χ4v) is 1.30. The topological polar surface area (TPSA) is 77.2 Å². The lowest BCUT2D eigenvalue weighted by Crippen LogP contribution is -2.17. The number of carbonyl (C=O) groups is 1. The Bertz CT molecular complexity index is 338. The normalized spacial score (nSPS) is 10.5. The summed E-state index contributed by atoms with van der Waals surface area (Å²) in [4.78, 5) is 15.2. The van der Waals surface area contributed by atoms with Crippen LogP contribution in [0.25, 0.3) is 0 Å². The zero-order valence-electron chi connectivity index (χ0n) is 10.4. The van der Waals surface area contributed by atoms with Crippen LogP contribution in [0.3, 0.4) is 0 Å². The number of carbonyl (C=O) groups excluding carboxylic acids is 1. The summed E-state index contributed by atoms with van der Waals surface area (Å²) in [6.45, 7) is 5.50. The zero-order chi connectivity index (χ0) is 12.5. The molecule has 0 aliphatic rings. The van der Waals surface area contributed by atoms with E-state index in [9.17, 15) is 4.79 Å². The lowest BCUT2D eigenvalue weighted by atomic mass is 10.3. The average Bonchev–Trinajstić information content (AvgIpc) is 2.77. The largest absolute Gasteiger partial charge is 0.466 e. The monoisotopic (exact) mass is 241 g/mol. The van der Waals surface area contributed by atoms with Crippen LogP contribution in [0.1, 0.15) is 38.4 Å². The van der Waals surface area contributed by atoms with Gasteiger partial charge in [-0.15, -0.1) is 0 Å². The Labute approximate surface area is 101 Å². The Morgan fingerprint density at radius 1 is 1.47 bits per heavy atom. The highest BCUT2D eigenvalue weighted by atomic mass is 16.5. The number of rotatable bonds is 8. The van der Waals surface area contributed by atoms with Gasteiger partial charge in [0.25, 0.3) is 0 Å². The number of aromatic nitrogens is 2. The molecule has 0 bridgehead atoms. The summed E-state index contributed by atoms with van der Waals surface area (Å²) in [5, 5.41) is 6.95. The van der Waals surface area contributed by atoms with E-state index < -0.39 is 0 Å². The van der Waals surface area contributed by atoms with Crippen LogP contribution in [0.15, 0.2) is 4.52 Å². The molecule has 1 rings (SSSR count). The van der Waals surface area contributed by atoms with E-state index in [1.54, 1.807) is 6.92 Å². The summed E-state index contributed by atoms with van der Waals surface area (Å²) in [6, 6.07) is 0. The maximum absolute atomic E-state index is 11.0. The van der Waals surface area contributed by atoms with E-state index in [1.807, 2.05) is 6.92 Å². The van der Waals surface area contributed by atoms with Crippen molar-refractivity contribution in [2.45, 2.75) is 39.7 Å². The van der Waals surface area contributed by atoms with Crippen molar-refractivity contribution in [1.29, 1.82) is 0 Å². The fourth-order valence-electron chi connectivity index (χ4n) is 1.30. The third-order valence-corrected chi connectivity index (χ3v) is 2.14. The van der Waals surface area contributed by atoms with Gasteiger partial charge in [-0.1, -0.05) is 12.1 Å².